The Kier molecular flexibility index (Phi) is 3.19. The Balaban J connectivity index is 2.29. The monoisotopic (exact) mass is 321 g/mol. The maximum Gasteiger partial charge on any atom is 0.0921 e. The van der Waals surface area contributed by atoms with Crippen LogP contribution in [0, 0.1) is 6.92 Å². The van der Waals surface area contributed by atoms with Gasteiger partial charge >= 0.3 is 0 Å². The number of hydrogen-bond acceptors (Lipinski definition) is 3. The lowest BCUT2D eigenvalue weighted by Gasteiger charge is -2.18. The van der Waals surface area contributed by atoms with Gasteiger partial charge in [-0.1, -0.05) is 27.2 Å². The lowest BCUT2D eigenvalue weighted by molar-refractivity contribution is 0.0843. The molecule has 3 rings (SSSR count). The molecule has 100 valence electrons. The first-order chi connectivity index (χ1) is 9.11. The average molecular weight is 322 g/mol. The molecule has 0 N–H and O–H groups in total. The van der Waals surface area contributed by atoms with E-state index in [1.165, 1.54) is 11.1 Å². The Bertz CT molecular complexity index is 623. The van der Waals surface area contributed by atoms with E-state index >= 15 is 0 Å². The van der Waals surface area contributed by atoms with Crippen LogP contribution >= 0.6 is 15.9 Å². The second-order valence-corrected chi connectivity index (χ2v) is 5.92. The minimum atomic E-state index is 0.0867. The zero-order chi connectivity index (χ0) is 13.6. The Morgan fingerprint density at radius 1 is 1.42 bits per heavy atom. The van der Waals surface area contributed by atoms with Crippen LogP contribution in [0.3, 0.4) is 0 Å². The molecule has 1 aliphatic rings. The first-order valence-electron chi connectivity index (χ1n) is 6.36. The molecular weight excluding hydrogens is 306 g/mol. The summed E-state index contributed by atoms with van der Waals surface area (Å²) in [4.78, 5) is 0. The third-order valence-corrected chi connectivity index (χ3v) is 4.23. The second kappa shape index (κ2) is 4.72. The molecule has 0 aliphatic carbocycles. The van der Waals surface area contributed by atoms with Gasteiger partial charge in [0.25, 0.3) is 0 Å². The fourth-order valence-electron chi connectivity index (χ4n) is 2.78. The van der Waals surface area contributed by atoms with Crippen molar-refractivity contribution in [2.75, 3.05) is 7.11 Å². The molecule has 0 saturated carbocycles. The Hall–Kier alpha value is -1.20. The van der Waals surface area contributed by atoms with E-state index in [2.05, 4.69) is 51.4 Å². The molecule has 1 aromatic heterocycles. The number of fused-ring (bicyclic) bond motifs is 3. The van der Waals surface area contributed by atoms with Crippen molar-refractivity contribution in [1.29, 1.82) is 0 Å². The predicted molar refractivity (Wildman–Crippen MR) is 77.0 cm³/mol. The molecule has 1 aliphatic heterocycles. The van der Waals surface area contributed by atoms with Crippen molar-refractivity contribution in [2.24, 2.45) is 0 Å². The molecule has 0 spiro atoms. The minimum absolute atomic E-state index is 0.0867. The summed E-state index contributed by atoms with van der Waals surface area (Å²) in [6, 6.07) is 6.58. The number of methoxy groups -OCH3 is 1. The van der Waals surface area contributed by atoms with Gasteiger partial charge in [0.05, 0.1) is 23.5 Å². The number of aromatic nitrogens is 3. The van der Waals surface area contributed by atoms with Crippen molar-refractivity contribution < 1.29 is 4.74 Å². The number of aryl methyl sites for hydroxylation is 1. The highest BCUT2D eigenvalue weighted by molar-refractivity contribution is 9.10. The molecule has 2 aromatic rings. The topological polar surface area (TPSA) is 39.9 Å². The molecule has 1 aromatic carbocycles. The van der Waals surface area contributed by atoms with Crippen LogP contribution in [0.5, 0.6) is 0 Å². The first-order valence-corrected chi connectivity index (χ1v) is 7.15. The van der Waals surface area contributed by atoms with Gasteiger partial charge in [-0.2, -0.15) is 0 Å². The van der Waals surface area contributed by atoms with Crippen LogP contribution in [0.1, 0.15) is 36.7 Å². The van der Waals surface area contributed by atoms with Gasteiger partial charge in [0.1, 0.15) is 0 Å². The van der Waals surface area contributed by atoms with Crippen molar-refractivity contribution >= 4 is 15.9 Å². The predicted octanol–water partition coefficient (Wildman–Crippen LogP) is 3.67. The smallest absolute Gasteiger partial charge is 0.0921 e. The van der Waals surface area contributed by atoms with Crippen LogP contribution < -0.4 is 0 Å². The van der Waals surface area contributed by atoms with E-state index in [0.717, 1.165) is 22.3 Å². The molecule has 0 amide bonds. The van der Waals surface area contributed by atoms with Crippen LogP contribution in [0.15, 0.2) is 22.7 Å². The van der Waals surface area contributed by atoms with Crippen molar-refractivity contribution in [3.63, 3.8) is 0 Å². The highest BCUT2D eigenvalue weighted by Gasteiger charge is 2.28. The zero-order valence-corrected chi connectivity index (χ0v) is 12.8. The standard InChI is InChI=1S/C14H16BrN3O/c1-8-6-13(19-3)12-7-10(15)4-5-11(12)14-9(2)16-17-18(8)14/h4-5,7-8,13H,6H2,1-3H3/t8-,13?/m0/s1. The lowest BCUT2D eigenvalue weighted by atomic mass is 9.98. The molecule has 5 heteroatoms. The van der Waals surface area contributed by atoms with E-state index in [1.54, 1.807) is 7.11 Å². The SMILES string of the molecule is COC1C[C@H](C)n2nnc(C)c2-c2ccc(Br)cc21. The molecule has 19 heavy (non-hydrogen) atoms. The molecule has 0 bridgehead atoms. The summed E-state index contributed by atoms with van der Waals surface area (Å²) in [6.07, 6.45) is 0.985. The Labute approximate surface area is 120 Å². The number of benzene rings is 1. The summed E-state index contributed by atoms with van der Waals surface area (Å²) >= 11 is 3.54. The molecular formula is C14H16BrN3O. The van der Waals surface area contributed by atoms with Gasteiger partial charge in [-0.05, 0) is 38.0 Å². The summed E-state index contributed by atoms with van der Waals surface area (Å²) < 4.78 is 8.77. The van der Waals surface area contributed by atoms with Gasteiger partial charge < -0.3 is 4.74 Å². The second-order valence-electron chi connectivity index (χ2n) is 5.01. The van der Waals surface area contributed by atoms with E-state index in [4.69, 9.17) is 4.74 Å². The van der Waals surface area contributed by atoms with Gasteiger partial charge in [0, 0.05) is 17.1 Å². The first kappa shape index (κ1) is 12.8. The Morgan fingerprint density at radius 3 is 2.95 bits per heavy atom. The summed E-state index contributed by atoms with van der Waals surface area (Å²) in [5.74, 6) is 0. The van der Waals surface area contributed by atoms with Crippen LogP contribution in [0.4, 0.5) is 0 Å². The Morgan fingerprint density at radius 2 is 2.21 bits per heavy atom. The molecule has 0 saturated heterocycles. The average Bonchev–Trinajstić information content (AvgIpc) is 2.72. The van der Waals surface area contributed by atoms with Crippen LogP contribution in [0.2, 0.25) is 0 Å². The van der Waals surface area contributed by atoms with E-state index in [9.17, 15) is 0 Å². The van der Waals surface area contributed by atoms with E-state index in [0.29, 0.717) is 0 Å². The number of ether oxygens (including phenoxy) is 1. The lowest BCUT2D eigenvalue weighted by Crippen LogP contribution is -2.10. The van der Waals surface area contributed by atoms with Crippen LogP contribution in [-0.2, 0) is 4.74 Å². The van der Waals surface area contributed by atoms with E-state index in [-0.39, 0.29) is 12.1 Å². The van der Waals surface area contributed by atoms with E-state index < -0.39 is 0 Å². The summed E-state index contributed by atoms with van der Waals surface area (Å²) in [6.45, 7) is 4.16. The maximum atomic E-state index is 5.68. The van der Waals surface area contributed by atoms with Crippen molar-refractivity contribution in [2.45, 2.75) is 32.4 Å². The molecule has 4 nitrogen and oxygen atoms in total. The van der Waals surface area contributed by atoms with Crippen molar-refractivity contribution in [3.05, 3.63) is 33.9 Å². The quantitative estimate of drug-likeness (QED) is 0.804. The van der Waals surface area contributed by atoms with Gasteiger partial charge in [0.15, 0.2) is 0 Å². The highest BCUT2D eigenvalue weighted by Crippen LogP contribution is 2.41. The third kappa shape index (κ3) is 2.01. The fourth-order valence-corrected chi connectivity index (χ4v) is 3.15. The summed E-state index contributed by atoms with van der Waals surface area (Å²) in [7, 11) is 1.77. The van der Waals surface area contributed by atoms with E-state index in [1.807, 2.05) is 11.6 Å². The number of halogens is 1. The number of hydrogen-bond donors (Lipinski definition) is 0. The van der Waals surface area contributed by atoms with Crippen molar-refractivity contribution in [3.8, 4) is 11.3 Å². The van der Waals surface area contributed by atoms with Gasteiger partial charge in [0.2, 0.25) is 0 Å². The molecule has 1 unspecified atom stereocenters. The maximum absolute atomic E-state index is 5.68. The number of nitrogens with zero attached hydrogens (tertiary/aromatic N) is 3. The van der Waals surface area contributed by atoms with Gasteiger partial charge in [-0.25, -0.2) is 4.68 Å². The number of rotatable bonds is 1. The van der Waals surface area contributed by atoms with Gasteiger partial charge in [-0.3, -0.25) is 0 Å². The van der Waals surface area contributed by atoms with Crippen LogP contribution in [-0.4, -0.2) is 22.1 Å². The summed E-state index contributed by atoms with van der Waals surface area (Å²) in [5, 5.41) is 8.51. The van der Waals surface area contributed by atoms with Gasteiger partial charge in [-0.15, -0.1) is 5.10 Å². The van der Waals surface area contributed by atoms with Crippen molar-refractivity contribution in [1.82, 2.24) is 15.0 Å². The molecule has 0 radical (unpaired) electrons. The largest absolute Gasteiger partial charge is 0.377 e. The zero-order valence-electron chi connectivity index (χ0n) is 11.2. The third-order valence-electron chi connectivity index (χ3n) is 3.74. The molecule has 2 heterocycles. The minimum Gasteiger partial charge on any atom is -0.377 e. The molecule has 2 atom stereocenters. The highest BCUT2D eigenvalue weighted by atomic mass is 79.9. The normalized spacial score (nSPS) is 21.7. The molecule has 0 fully saturated rings. The van der Waals surface area contributed by atoms with Crippen LogP contribution in [0.25, 0.3) is 11.3 Å². The summed E-state index contributed by atoms with van der Waals surface area (Å²) in [5.41, 5.74) is 4.44. The fraction of sp³-hybridized carbons (Fsp3) is 0.429.